The molecule has 2 rings (SSSR count). The van der Waals surface area contributed by atoms with Crippen molar-refractivity contribution in [2.24, 2.45) is 0 Å². The highest BCUT2D eigenvalue weighted by Gasteiger charge is 2.11. The molecule has 7 nitrogen and oxygen atoms in total. The Morgan fingerprint density at radius 3 is 2.75 bits per heavy atom. The van der Waals surface area contributed by atoms with Gasteiger partial charge in [-0.2, -0.15) is 5.10 Å². The monoisotopic (exact) mass is 273 g/mol. The first-order valence-corrected chi connectivity index (χ1v) is 5.67. The Balaban J connectivity index is 2.13. The second-order valence-electron chi connectivity index (χ2n) is 3.95. The minimum absolute atomic E-state index is 0.260. The quantitative estimate of drug-likeness (QED) is 0.476. The Bertz CT molecular complexity index is 661. The Morgan fingerprint density at radius 2 is 2.10 bits per heavy atom. The standard InChI is InChI=1S/C13H11N3O4/c17-11(5-12(18)13(19)20)9-6-15-16(7-9)8-10-3-1-2-4-14-10/h1-7,17H,8H2,(H,19,20). The number of pyridine rings is 1. The number of hydrogen-bond acceptors (Lipinski definition) is 5. The van der Waals surface area contributed by atoms with Crippen LogP contribution in [-0.4, -0.2) is 36.7 Å². The first-order chi connectivity index (χ1) is 9.56. The van der Waals surface area contributed by atoms with Crippen LogP contribution in [0.5, 0.6) is 0 Å². The van der Waals surface area contributed by atoms with Gasteiger partial charge in [0.15, 0.2) is 0 Å². The molecule has 2 aromatic heterocycles. The number of aliphatic carboxylic acids is 1. The first kappa shape index (κ1) is 13.5. The molecule has 0 saturated carbocycles. The number of hydrogen-bond donors (Lipinski definition) is 2. The highest BCUT2D eigenvalue weighted by atomic mass is 16.4. The van der Waals surface area contributed by atoms with Crippen molar-refractivity contribution in [3.05, 3.63) is 54.1 Å². The number of aliphatic hydroxyl groups is 1. The number of aromatic nitrogens is 3. The molecule has 0 spiro atoms. The van der Waals surface area contributed by atoms with Gasteiger partial charge in [0.2, 0.25) is 0 Å². The molecule has 20 heavy (non-hydrogen) atoms. The van der Waals surface area contributed by atoms with Crippen LogP contribution in [0.3, 0.4) is 0 Å². The molecule has 0 radical (unpaired) electrons. The zero-order valence-corrected chi connectivity index (χ0v) is 10.3. The van der Waals surface area contributed by atoms with E-state index in [4.69, 9.17) is 5.11 Å². The molecular weight excluding hydrogens is 262 g/mol. The Hall–Kier alpha value is -2.96. The topological polar surface area (TPSA) is 105 Å². The summed E-state index contributed by atoms with van der Waals surface area (Å²) < 4.78 is 1.52. The molecule has 0 fully saturated rings. The average molecular weight is 273 g/mol. The lowest BCUT2D eigenvalue weighted by Crippen LogP contribution is -2.09. The minimum atomic E-state index is -1.63. The summed E-state index contributed by atoms with van der Waals surface area (Å²) in [5, 5.41) is 22.1. The Morgan fingerprint density at radius 1 is 1.30 bits per heavy atom. The van der Waals surface area contributed by atoms with Crippen molar-refractivity contribution in [2.75, 3.05) is 0 Å². The maximum Gasteiger partial charge on any atom is 0.376 e. The van der Waals surface area contributed by atoms with Gasteiger partial charge < -0.3 is 10.2 Å². The molecule has 2 heterocycles. The summed E-state index contributed by atoms with van der Waals surface area (Å²) in [5.74, 6) is -3.26. The van der Waals surface area contributed by atoms with Crippen molar-refractivity contribution < 1.29 is 19.8 Å². The highest BCUT2D eigenvalue weighted by Crippen LogP contribution is 2.10. The summed E-state index contributed by atoms with van der Waals surface area (Å²) in [7, 11) is 0. The lowest BCUT2D eigenvalue weighted by molar-refractivity contribution is -0.146. The van der Waals surface area contributed by atoms with Crippen molar-refractivity contribution in [1.29, 1.82) is 0 Å². The van der Waals surface area contributed by atoms with Crippen molar-refractivity contribution in [3.63, 3.8) is 0 Å². The summed E-state index contributed by atoms with van der Waals surface area (Å²) >= 11 is 0. The number of carboxylic acids is 1. The number of ketones is 1. The molecule has 0 amide bonds. The molecule has 2 N–H and O–H groups in total. The summed E-state index contributed by atoms with van der Waals surface area (Å²) in [5.41, 5.74) is 1.04. The van der Waals surface area contributed by atoms with E-state index in [1.807, 2.05) is 12.1 Å². The minimum Gasteiger partial charge on any atom is -0.507 e. The van der Waals surface area contributed by atoms with Gasteiger partial charge in [0, 0.05) is 18.5 Å². The van der Waals surface area contributed by atoms with E-state index in [1.54, 1.807) is 12.3 Å². The largest absolute Gasteiger partial charge is 0.507 e. The molecule has 0 atom stereocenters. The number of rotatable bonds is 5. The van der Waals surface area contributed by atoms with Crippen LogP contribution in [0.15, 0.2) is 42.9 Å². The maximum atomic E-state index is 11.0. The smallest absolute Gasteiger partial charge is 0.376 e. The van der Waals surface area contributed by atoms with Crippen LogP contribution >= 0.6 is 0 Å². The van der Waals surface area contributed by atoms with E-state index in [9.17, 15) is 14.7 Å². The van der Waals surface area contributed by atoms with Crippen molar-refractivity contribution in [2.45, 2.75) is 6.54 Å². The number of carboxylic acid groups (broad SMARTS) is 1. The third kappa shape index (κ3) is 3.29. The van der Waals surface area contributed by atoms with Crippen LogP contribution in [0.25, 0.3) is 5.76 Å². The second-order valence-corrected chi connectivity index (χ2v) is 3.95. The van der Waals surface area contributed by atoms with Crippen LogP contribution in [0.1, 0.15) is 11.3 Å². The molecule has 0 aromatic carbocycles. The van der Waals surface area contributed by atoms with E-state index < -0.39 is 17.5 Å². The number of carbonyl (C=O) groups excluding carboxylic acids is 1. The van der Waals surface area contributed by atoms with E-state index in [-0.39, 0.29) is 5.56 Å². The lowest BCUT2D eigenvalue weighted by atomic mass is 10.2. The van der Waals surface area contributed by atoms with Crippen molar-refractivity contribution in [3.8, 4) is 0 Å². The molecule has 0 aliphatic carbocycles. The summed E-state index contributed by atoms with van der Waals surface area (Å²) in [6.07, 6.45) is 5.13. The molecule has 102 valence electrons. The fraction of sp³-hybridized carbons (Fsp3) is 0.0769. The number of aliphatic hydroxyl groups excluding tert-OH is 1. The molecule has 0 unspecified atom stereocenters. The second kappa shape index (κ2) is 5.79. The van der Waals surface area contributed by atoms with Gasteiger partial charge >= 0.3 is 5.97 Å². The fourth-order valence-electron chi connectivity index (χ4n) is 1.51. The molecule has 0 bridgehead atoms. The lowest BCUT2D eigenvalue weighted by Gasteiger charge is -1.99. The van der Waals surface area contributed by atoms with Gasteiger partial charge in [-0.25, -0.2) is 4.79 Å². The number of nitrogens with zero attached hydrogens (tertiary/aromatic N) is 3. The van der Waals surface area contributed by atoms with Crippen LogP contribution in [0.4, 0.5) is 0 Å². The van der Waals surface area contributed by atoms with Crippen molar-refractivity contribution >= 4 is 17.5 Å². The van der Waals surface area contributed by atoms with Gasteiger partial charge in [0.05, 0.1) is 24.0 Å². The van der Waals surface area contributed by atoms with Gasteiger partial charge in [-0.05, 0) is 12.1 Å². The molecular formula is C13H11N3O4. The SMILES string of the molecule is O=C(O)C(=O)C=C(O)c1cnn(Cc2ccccn2)c1. The molecule has 0 aliphatic heterocycles. The highest BCUT2D eigenvalue weighted by molar-refractivity contribution is 6.38. The van der Waals surface area contributed by atoms with E-state index in [1.165, 1.54) is 17.1 Å². The zero-order valence-electron chi connectivity index (χ0n) is 10.3. The summed E-state index contributed by atoms with van der Waals surface area (Å²) in [4.78, 5) is 25.5. The van der Waals surface area contributed by atoms with Gasteiger partial charge in [-0.1, -0.05) is 6.07 Å². The van der Waals surface area contributed by atoms with E-state index in [2.05, 4.69) is 10.1 Å². The van der Waals surface area contributed by atoms with E-state index in [0.717, 1.165) is 5.69 Å². The molecule has 0 aliphatic rings. The third-order valence-corrected chi connectivity index (χ3v) is 2.46. The predicted octanol–water partition coefficient (Wildman–Crippen LogP) is 0.879. The Labute approximate surface area is 113 Å². The zero-order chi connectivity index (χ0) is 14.5. The van der Waals surface area contributed by atoms with Gasteiger partial charge in [-0.3, -0.25) is 14.5 Å². The summed E-state index contributed by atoms with van der Waals surface area (Å²) in [6, 6.07) is 5.46. The van der Waals surface area contributed by atoms with Crippen LogP contribution < -0.4 is 0 Å². The molecule has 2 aromatic rings. The predicted molar refractivity (Wildman–Crippen MR) is 68.8 cm³/mol. The van der Waals surface area contributed by atoms with Crippen LogP contribution in [0, 0.1) is 0 Å². The Kier molecular flexibility index (Phi) is 3.90. The van der Waals surface area contributed by atoms with E-state index >= 15 is 0 Å². The fourth-order valence-corrected chi connectivity index (χ4v) is 1.51. The van der Waals surface area contributed by atoms with Gasteiger partial charge in [-0.15, -0.1) is 0 Å². The van der Waals surface area contributed by atoms with Crippen LogP contribution in [-0.2, 0) is 16.1 Å². The average Bonchev–Trinajstić information content (AvgIpc) is 2.88. The van der Waals surface area contributed by atoms with Gasteiger partial charge in [0.1, 0.15) is 5.76 Å². The van der Waals surface area contributed by atoms with E-state index in [0.29, 0.717) is 12.6 Å². The molecule has 7 heteroatoms. The normalized spacial score (nSPS) is 11.3. The van der Waals surface area contributed by atoms with Crippen LogP contribution in [0.2, 0.25) is 0 Å². The first-order valence-electron chi connectivity index (χ1n) is 5.67. The third-order valence-electron chi connectivity index (χ3n) is 2.46. The summed E-state index contributed by atoms with van der Waals surface area (Å²) in [6.45, 7) is 0.404. The number of carbonyl (C=O) groups is 2. The maximum absolute atomic E-state index is 11.0. The molecule has 0 saturated heterocycles. The van der Waals surface area contributed by atoms with Crippen molar-refractivity contribution in [1.82, 2.24) is 14.8 Å². The van der Waals surface area contributed by atoms with Gasteiger partial charge in [0.25, 0.3) is 5.78 Å².